The third-order valence-electron chi connectivity index (χ3n) is 4.43. The van der Waals surface area contributed by atoms with Crippen LogP contribution in [0.2, 0.25) is 0 Å². The second-order valence-electron chi connectivity index (χ2n) is 5.58. The second-order valence-corrected chi connectivity index (χ2v) is 5.58. The van der Waals surface area contributed by atoms with Crippen LogP contribution in [-0.4, -0.2) is 37.3 Å². The maximum absolute atomic E-state index is 6.01. The molecule has 0 amide bonds. The van der Waals surface area contributed by atoms with E-state index in [1.165, 1.54) is 5.56 Å². The fourth-order valence-electron chi connectivity index (χ4n) is 3.13. The molecule has 4 nitrogen and oxygen atoms in total. The fraction of sp³-hybridized carbons (Fsp3) is 0.625. The first-order valence-electron chi connectivity index (χ1n) is 7.18. The van der Waals surface area contributed by atoms with Gasteiger partial charge in [0.05, 0.1) is 24.9 Å². The van der Waals surface area contributed by atoms with Crippen LogP contribution in [0.5, 0.6) is 0 Å². The molecule has 0 N–H and O–H groups in total. The normalized spacial score (nSPS) is 37.2. The van der Waals surface area contributed by atoms with E-state index in [0.717, 1.165) is 6.42 Å². The number of fused-ring (bicyclic) bond motifs is 1. The Labute approximate surface area is 120 Å². The minimum Gasteiger partial charge on any atom is -0.371 e. The van der Waals surface area contributed by atoms with Crippen molar-refractivity contribution in [1.82, 2.24) is 0 Å². The number of methoxy groups -OCH3 is 1. The highest BCUT2D eigenvalue weighted by atomic mass is 16.7. The summed E-state index contributed by atoms with van der Waals surface area (Å²) in [6.07, 6.45) is 0.784. The SMILES string of the molecule is COC1C[C@@H]2O[C@]2([C@H](C)OCc2ccccc2)[C@H](C)O1. The Kier molecular flexibility index (Phi) is 3.82. The molecule has 3 rings (SSSR count). The second kappa shape index (κ2) is 5.45. The summed E-state index contributed by atoms with van der Waals surface area (Å²) in [7, 11) is 1.67. The summed E-state index contributed by atoms with van der Waals surface area (Å²) in [4.78, 5) is 0. The molecule has 0 aromatic heterocycles. The molecule has 2 aliphatic rings. The smallest absolute Gasteiger partial charge is 0.160 e. The predicted molar refractivity (Wildman–Crippen MR) is 74.3 cm³/mol. The predicted octanol–water partition coefficient (Wildman–Crippen LogP) is 2.51. The van der Waals surface area contributed by atoms with Gasteiger partial charge in [-0.25, -0.2) is 0 Å². The Morgan fingerprint density at radius 3 is 2.75 bits per heavy atom. The van der Waals surface area contributed by atoms with Crippen molar-refractivity contribution in [3.05, 3.63) is 35.9 Å². The van der Waals surface area contributed by atoms with Crippen LogP contribution in [0.3, 0.4) is 0 Å². The molecule has 1 aromatic carbocycles. The third-order valence-corrected chi connectivity index (χ3v) is 4.43. The van der Waals surface area contributed by atoms with E-state index in [2.05, 4.69) is 19.1 Å². The zero-order valence-corrected chi connectivity index (χ0v) is 12.2. The van der Waals surface area contributed by atoms with Crippen LogP contribution >= 0.6 is 0 Å². The molecule has 1 unspecified atom stereocenters. The Bertz CT molecular complexity index is 449. The first-order chi connectivity index (χ1) is 9.66. The van der Waals surface area contributed by atoms with Crippen molar-refractivity contribution in [3.63, 3.8) is 0 Å². The van der Waals surface area contributed by atoms with Crippen LogP contribution < -0.4 is 0 Å². The van der Waals surface area contributed by atoms with E-state index in [-0.39, 0.29) is 30.2 Å². The van der Waals surface area contributed by atoms with Gasteiger partial charge in [0.1, 0.15) is 5.60 Å². The van der Waals surface area contributed by atoms with Gasteiger partial charge in [-0.2, -0.15) is 0 Å². The lowest BCUT2D eigenvalue weighted by Gasteiger charge is -2.33. The number of hydrogen-bond donors (Lipinski definition) is 0. The third kappa shape index (κ3) is 2.37. The van der Waals surface area contributed by atoms with E-state index in [0.29, 0.717) is 6.61 Å². The lowest BCUT2D eigenvalue weighted by molar-refractivity contribution is -0.193. The number of benzene rings is 1. The number of ether oxygens (including phenoxy) is 4. The lowest BCUT2D eigenvalue weighted by atomic mass is 9.89. The Balaban J connectivity index is 1.60. The highest BCUT2D eigenvalue weighted by Gasteiger charge is 2.67. The van der Waals surface area contributed by atoms with Crippen LogP contribution in [0.15, 0.2) is 30.3 Å². The Morgan fingerprint density at radius 1 is 1.35 bits per heavy atom. The maximum Gasteiger partial charge on any atom is 0.160 e. The molecule has 0 radical (unpaired) electrons. The molecular formula is C16H22O4. The molecule has 0 spiro atoms. The molecule has 0 bridgehead atoms. The van der Waals surface area contributed by atoms with Crippen LogP contribution in [0.4, 0.5) is 0 Å². The van der Waals surface area contributed by atoms with Crippen molar-refractivity contribution in [1.29, 1.82) is 0 Å². The van der Waals surface area contributed by atoms with Crippen molar-refractivity contribution >= 4 is 0 Å². The molecule has 0 saturated carbocycles. The van der Waals surface area contributed by atoms with Gasteiger partial charge in [0, 0.05) is 13.5 Å². The van der Waals surface area contributed by atoms with Crippen molar-refractivity contribution < 1.29 is 18.9 Å². The highest BCUT2D eigenvalue weighted by Crippen LogP contribution is 2.51. The molecule has 2 aliphatic heterocycles. The van der Waals surface area contributed by atoms with Gasteiger partial charge in [-0.15, -0.1) is 0 Å². The maximum atomic E-state index is 6.01. The van der Waals surface area contributed by atoms with Crippen molar-refractivity contribution in [2.24, 2.45) is 0 Å². The van der Waals surface area contributed by atoms with Crippen LogP contribution in [0.25, 0.3) is 0 Å². The summed E-state index contributed by atoms with van der Waals surface area (Å²) < 4.78 is 23.0. The Morgan fingerprint density at radius 2 is 2.10 bits per heavy atom. The highest BCUT2D eigenvalue weighted by molar-refractivity contribution is 5.16. The van der Waals surface area contributed by atoms with Crippen LogP contribution in [0, 0.1) is 0 Å². The largest absolute Gasteiger partial charge is 0.371 e. The quantitative estimate of drug-likeness (QED) is 0.776. The first kappa shape index (κ1) is 14.0. The van der Waals surface area contributed by atoms with Gasteiger partial charge in [-0.05, 0) is 19.4 Å². The zero-order valence-electron chi connectivity index (χ0n) is 12.2. The minimum absolute atomic E-state index is 0.000474. The van der Waals surface area contributed by atoms with E-state index in [1.807, 2.05) is 25.1 Å². The van der Waals surface area contributed by atoms with E-state index in [9.17, 15) is 0 Å². The van der Waals surface area contributed by atoms with Gasteiger partial charge in [0.15, 0.2) is 6.29 Å². The van der Waals surface area contributed by atoms with Gasteiger partial charge in [-0.1, -0.05) is 30.3 Å². The minimum atomic E-state index is -0.302. The summed E-state index contributed by atoms with van der Waals surface area (Å²) in [5.41, 5.74) is 0.871. The molecule has 1 aromatic rings. The Hall–Kier alpha value is -0.940. The lowest BCUT2D eigenvalue weighted by Crippen LogP contribution is -2.49. The van der Waals surface area contributed by atoms with Crippen molar-refractivity contribution in [2.45, 2.75) is 57.1 Å². The van der Waals surface area contributed by atoms with Gasteiger partial charge < -0.3 is 18.9 Å². The zero-order chi connectivity index (χ0) is 14.2. The molecule has 5 atom stereocenters. The summed E-state index contributed by atoms with van der Waals surface area (Å²) in [6, 6.07) is 10.2. The molecular weight excluding hydrogens is 256 g/mol. The average Bonchev–Trinajstić information content (AvgIpc) is 3.22. The number of rotatable bonds is 5. The van der Waals surface area contributed by atoms with E-state index >= 15 is 0 Å². The molecule has 0 aliphatic carbocycles. The molecule has 4 heteroatoms. The fourth-order valence-corrected chi connectivity index (χ4v) is 3.13. The molecule has 2 fully saturated rings. The van der Waals surface area contributed by atoms with Crippen LogP contribution in [0.1, 0.15) is 25.8 Å². The molecule has 110 valence electrons. The molecule has 2 saturated heterocycles. The van der Waals surface area contributed by atoms with Crippen molar-refractivity contribution in [3.8, 4) is 0 Å². The van der Waals surface area contributed by atoms with E-state index in [1.54, 1.807) is 7.11 Å². The van der Waals surface area contributed by atoms with Gasteiger partial charge in [-0.3, -0.25) is 0 Å². The van der Waals surface area contributed by atoms with Gasteiger partial charge in [0.2, 0.25) is 0 Å². The number of epoxide rings is 1. The topological polar surface area (TPSA) is 40.2 Å². The summed E-state index contributed by atoms with van der Waals surface area (Å²) in [5.74, 6) is 0. The van der Waals surface area contributed by atoms with Crippen LogP contribution in [-0.2, 0) is 25.6 Å². The monoisotopic (exact) mass is 278 g/mol. The average molecular weight is 278 g/mol. The van der Waals surface area contributed by atoms with Crippen molar-refractivity contribution in [2.75, 3.05) is 7.11 Å². The first-order valence-corrected chi connectivity index (χ1v) is 7.18. The molecule has 20 heavy (non-hydrogen) atoms. The van der Waals surface area contributed by atoms with Gasteiger partial charge in [0.25, 0.3) is 0 Å². The van der Waals surface area contributed by atoms with E-state index < -0.39 is 0 Å². The molecule has 2 heterocycles. The summed E-state index contributed by atoms with van der Waals surface area (Å²) in [5, 5.41) is 0. The number of hydrogen-bond acceptors (Lipinski definition) is 4. The summed E-state index contributed by atoms with van der Waals surface area (Å²) in [6.45, 7) is 4.70. The summed E-state index contributed by atoms with van der Waals surface area (Å²) >= 11 is 0. The van der Waals surface area contributed by atoms with Gasteiger partial charge >= 0.3 is 0 Å². The van der Waals surface area contributed by atoms with E-state index in [4.69, 9.17) is 18.9 Å². The standard InChI is InChI=1S/C16H22O4/c1-11(18-10-13-7-5-4-6-8-13)16-12(2)19-15(17-3)9-14(16)20-16/h4-8,11-12,14-15H,9-10H2,1-3H3/t11-,12-,14-,15?,16+/m0/s1.